The van der Waals surface area contributed by atoms with Gasteiger partial charge >= 0.3 is 0 Å². The highest BCUT2D eigenvalue weighted by molar-refractivity contribution is 7.91. The van der Waals surface area contributed by atoms with E-state index in [1.165, 1.54) is 0 Å². The van der Waals surface area contributed by atoms with Gasteiger partial charge in [-0.25, -0.2) is 13.4 Å². The predicted octanol–water partition coefficient (Wildman–Crippen LogP) is 3.62. The lowest BCUT2D eigenvalue weighted by Gasteiger charge is -2.15. The molecule has 0 saturated carbocycles. The van der Waals surface area contributed by atoms with Gasteiger partial charge in [-0.3, -0.25) is 0 Å². The minimum absolute atomic E-state index is 0.00976. The molecule has 2 aromatic carbocycles. The van der Waals surface area contributed by atoms with Gasteiger partial charge in [-0.2, -0.15) is 0 Å². The van der Waals surface area contributed by atoms with Crippen LogP contribution in [0.4, 0.5) is 0 Å². The zero-order valence-electron chi connectivity index (χ0n) is 16.4. The average molecular weight is 447 g/mol. The molecule has 0 amide bonds. The Morgan fingerprint density at radius 2 is 2.00 bits per heavy atom. The largest absolute Gasteiger partial charge is 0.476 e. The molecule has 3 aromatic rings. The summed E-state index contributed by atoms with van der Waals surface area (Å²) in [4.78, 5) is 4.89. The van der Waals surface area contributed by atoms with Crippen molar-refractivity contribution in [1.82, 2.24) is 10.3 Å². The Morgan fingerprint density at radius 3 is 2.77 bits per heavy atom. The smallest absolute Gasteiger partial charge is 0.218 e. The summed E-state index contributed by atoms with van der Waals surface area (Å²) < 4.78 is 36.3. The molecule has 1 N–H and O–H groups in total. The molecule has 1 aromatic heterocycles. The number of nitrogens with zero attached hydrogens (tertiary/aromatic N) is 1. The molecular weight excluding hydrogens is 424 g/mol. The van der Waals surface area contributed by atoms with E-state index in [4.69, 9.17) is 21.1 Å². The molecule has 1 unspecified atom stereocenters. The van der Waals surface area contributed by atoms with Crippen LogP contribution in [0.5, 0.6) is 5.88 Å². The van der Waals surface area contributed by atoms with Crippen LogP contribution in [0.25, 0.3) is 10.9 Å². The van der Waals surface area contributed by atoms with Crippen LogP contribution in [0.2, 0.25) is 5.02 Å². The predicted molar refractivity (Wildman–Crippen MR) is 117 cm³/mol. The highest BCUT2D eigenvalue weighted by Crippen LogP contribution is 2.25. The lowest BCUT2D eigenvalue weighted by Crippen LogP contribution is -2.29. The summed E-state index contributed by atoms with van der Waals surface area (Å²) in [7, 11) is -3.42. The molecule has 8 heteroatoms. The Balaban J connectivity index is 1.52. The number of nitrogens with one attached hydrogen (secondary N) is 1. The lowest BCUT2D eigenvalue weighted by molar-refractivity contribution is 0.189. The molecule has 1 fully saturated rings. The van der Waals surface area contributed by atoms with Gasteiger partial charge in [0.25, 0.3) is 0 Å². The van der Waals surface area contributed by atoms with Crippen molar-refractivity contribution >= 4 is 32.3 Å². The summed E-state index contributed by atoms with van der Waals surface area (Å²) in [6.07, 6.45) is 0.960. The molecule has 4 rings (SSSR count). The number of halogens is 1. The Kier molecular flexibility index (Phi) is 6.53. The van der Waals surface area contributed by atoms with E-state index < -0.39 is 9.84 Å². The zero-order valence-corrected chi connectivity index (χ0v) is 18.0. The number of hydrogen-bond acceptors (Lipinski definition) is 6. The second-order valence-electron chi connectivity index (χ2n) is 7.21. The van der Waals surface area contributed by atoms with Crippen molar-refractivity contribution in [2.45, 2.75) is 23.9 Å². The number of sulfone groups is 1. The summed E-state index contributed by atoms with van der Waals surface area (Å²) >= 11 is 6.10. The summed E-state index contributed by atoms with van der Waals surface area (Å²) in [5, 5.41) is 4.99. The van der Waals surface area contributed by atoms with Gasteiger partial charge in [0, 0.05) is 35.2 Å². The first kappa shape index (κ1) is 21.1. The monoisotopic (exact) mass is 446 g/mol. The third-order valence-electron chi connectivity index (χ3n) is 5.02. The van der Waals surface area contributed by atoms with E-state index in [0.717, 1.165) is 24.0 Å². The number of rotatable bonds is 8. The number of pyridine rings is 1. The Bertz CT molecular complexity index is 1120. The van der Waals surface area contributed by atoms with E-state index >= 15 is 0 Å². The van der Waals surface area contributed by atoms with Crippen molar-refractivity contribution in [3.05, 3.63) is 65.2 Å². The quantitative estimate of drug-likeness (QED) is 0.569. The van der Waals surface area contributed by atoms with E-state index in [9.17, 15) is 8.42 Å². The van der Waals surface area contributed by atoms with Crippen molar-refractivity contribution in [1.29, 1.82) is 0 Å². The van der Waals surface area contributed by atoms with Crippen molar-refractivity contribution in [2.24, 2.45) is 0 Å². The van der Waals surface area contributed by atoms with E-state index in [1.54, 1.807) is 36.4 Å². The summed E-state index contributed by atoms with van der Waals surface area (Å²) in [5.74, 6) is 0.287. The summed E-state index contributed by atoms with van der Waals surface area (Å²) in [6.45, 7) is 2.01. The van der Waals surface area contributed by atoms with Crippen LogP contribution < -0.4 is 10.1 Å². The maximum Gasteiger partial charge on any atom is 0.218 e. The highest BCUT2D eigenvalue weighted by atomic mass is 35.5. The zero-order chi connectivity index (χ0) is 21.0. The van der Waals surface area contributed by atoms with Crippen LogP contribution >= 0.6 is 11.6 Å². The second kappa shape index (κ2) is 9.31. The van der Waals surface area contributed by atoms with Gasteiger partial charge in [-0.05, 0) is 36.8 Å². The number of ether oxygens (including phenoxy) is 2. The number of benzene rings is 2. The minimum atomic E-state index is -3.42. The molecule has 158 valence electrons. The van der Waals surface area contributed by atoms with Gasteiger partial charge in [0.1, 0.15) is 6.61 Å². The van der Waals surface area contributed by atoms with Gasteiger partial charge < -0.3 is 14.8 Å². The maximum absolute atomic E-state index is 12.5. The molecule has 0 aliphatic carbocycles. The number of aromatic nitrogens is 1. The van der Waals surface area contributed by atoms with E-state index in [-0.39, 0.29) is 23.3 Å². The van der Waals surface area contributed by atoms with Gasteiger partial charge in [0.15, 0.2) is 9.84 Å². The molecule has 0 bridgehead atoms. The first-order valence-electron chi connectivity index (χ1n) is 9.82. The Labute approximate surface area is 181 Å². The van der Waals surface area contributed by atoms with E-state index in [0.29, 0.717) is 29.6 Å². The van der Waals surface area contributed by atoms with Gasteiger partial charge in [-0.1, -0.05) is 35.9 Å². The minimum Gasteiger partial charge on any atom is -0.476 e. The fourth-order valence-corrected chi connectivity index (χ4v) is 4.64. The van der Waals surface area contributed by atoms with Crippen molar-refractivity contribution in [2.75, 3.05) is 25.6 Å². The van der Waals surface area contributed by atoms with Gasteiger partial charge in [0.2, 0.25) is 5.88 Å². The van der Waals surface area contributed by atoms with Gasteiger partial charge in [0.05, 0.1) is 22.8 Å². The van der Waals surface area contributed by atoms with E-state index in [1.807, 2.05) is 18.2 Å². The first-order chi connectivity index (χ1) is 14.5. The fraction of sp³-hybridized carbons (Fsp3) is 0.318. The molecule has 6 nitrogen and oxygen atoms in total. The molecular formula is C22H23ClN2O4S. The molecule has 1 aliphatic heterocycles. The molecule has 1 saturated heterocycles. The van der Waals surface area contributed by atoms with Crippen LogP contribution in [0.1, 0.15) is 12.0 Å². The van der Waals surface area contributed by atoms with Crippen LogP contribution in [-0.2, 0) is 21.1 Å². The SMILES string of the molecule is O=S(=O)(CCOc1nc2cc(Cl)ccc2cc1CNC1CCOC1)c1ccccc1. The van der Waals surface area contributed by atoms with E-state index in [2.05, 4.69) is 10.3 Å². The third-order valence-corrected chi connectivity index (χ3v) is 6.95. The molecule has 0 radical (unpaired) electrons. The fourth-order valence-electron chi connectivity index (χ4n) is 3.36. The van der Waals surface area contributed by atoms with Crippen LogP contribution in [0.15, 0.2) is 59.5 Å². The van der Waals surface area contributed by atoms with Crippen molar-refractivity contribution in [3.63, 3.8) is 0 Å². The molecule has 30 heavy (non-hydrogen) atoms. The lowest BCUT2D eigenvalue weighted by atomic mass is 10.1. The third kappa shape index (κ3) is 5.10. The number of fused-ring (bicyclic) bond motifs is 1. The van der Waals surface area contributed by atoms with Crippen LogP contribution in [-0.4, -0.2) is 45.0 Å². The van der Waals surface area contributed by atoms with Gasteiger partial charge in [-0.15, -0.1) is 0 Å². The van der Waals surface area contributed by atoms with Crippen molar-refractivity contribution < 1.29 is 17.9 Å². The highest BCUT2D eigenvalue weighted by Gasteiger charge is 2.18. The molecule has 0 spiro atoms. The summed E-state index contributed by atoms with van der Waals surface area (Å²) in [5.41, 5.74) is 1.57. The average Bonchev–Trinajstić information content (AvgIpc) is 3.26. The molecule has 1 atom stereocenters. The second-order valence-corrected chi connectivity index (χ2v) is 9.76. The summed E-state index contributed by atoms with van der Waals surface area (Å²) in [6, 6.07) is 16.2. The molecule has 1 aliphatic rings. The first-order valence-corrected chi connectivity index (χ1v) is 11.9. The maximum atomic E-state index is 12.5. The normalized spacial score (nSPS) is 16.8. The Morgan fingerprint density at radius 1 is 1.17 bits per heavy atom. The Hall–Kier alpha value is -2.19. The van der Waals surface area contributed by atoms with Crippen molar-refractivity contribution in [3.8, 4) is 5.88 Å². The molecule has 2 heterocycles. The standard InChI is InChI=1S/C22H23ClN2O4S/c23-18-7-6-16-12-17(14-24-19-8-9-28-15-19)22(25-21(16)13-18)29-10-11-30(26,27)20-4-2-1-3-5-20/h1-7,12-13,19,24H,8-11,14-15H2. The van der Waals surface area contributed by atoms with Crippen LogP contribution in [0, 0.1) is 0 Å². The topological polar surface area (TPSA) is 77.5 Å². The number of hydrogen-bond donors (Lipinski definition) is 1. The van der Waals surface area contributed by atoms with Crippen LogP contribution in [0.3, 0.4) is 0 Å².